The van der Waals surface area contributed by atoms with Crippen LogP contribution in [-0.4, -0.2) is 26.2 Å². The molecule has 18 rings (SSSR count). The molecule has 0 fully saturated rings. The summed E-state index contributed by atoms with van der Waals surface area (Å²) in [6.07, 6.45) is 0. The largest absolute Gasteiger partial charge is 0.310 e. The van der Waals surface area contributed by atoms with E-state index in [0.29, 0.717) is 44.9 Å². The van der Waals surface area contributed by atoms with Crippen LogP contribution in [0.5, 0.6) is 0 Å². The van der Waals surface area contributed by atoms with Gasteiger partial charge in [0.1, 0.15) is 0 Å². The third kappa shape index (κ3) is 13.9. The Morgan fingerprint density at radius 3 is 0.932 bits per heavy atom. The highest BCUT2D eigenvalue weighted by atomic mass is 15.2. The van der Waals surface area contributed by atoms with Gasteiger partial charge in [0.05, 0.1) is 52.8 Å². The Bertz CT molecular complexity index is 7420. The second kappa shape index (κ2) is 28.7. The molecule has 14 aromatic carbocycles. The summed E-state index contributed by atoms with van der Waals surface area (Å²) >= 11 is 0. The predicted octanol–water partition coefficient (Wildman–Crippen LogP) is 28.2. The molecule has 582 valence electrons. The van der Waals surface area contributed by atoms with E-state index in [1.54, 1.807) is 4.57 Å². The van der Waals surface area contributed by atoms with Crippen LogP contribution in [0, 0.1) is 0 Å². The van der Waals surface area contributed by atoms with Crippen molar-refractivity contribution in [3.63, 3.8) is 0 Å². The average Bonchev–Trinajstić information content (AvgIpc) is 1.16. The van der Waals surface area contributed by atoms with Gasteiger partial charge in [0.2, 0.25) is 0 Å². The third-order valence-electron chi connectivity index (χ3n) is 23.3. The molecule has 7 heteroatoms. The van der Waals surface area contributed by atoms with Crippen molar-refractivity contribution in [3.8, 4) is 95.5 Å². The fraction of sp³-hybridized carbons (Fsp3) is 0.216. The number of anilines is 6. The van der Waals surface area contributed by atoms with Gasteiger partial charge in [-0.05, 0) is 182 Å². The van der Waals surface area contributed by atoms with Gasteiger partial charge < -0.3 is 14.4 Å². The summed E-state index contributed by atoms with van der Waals surface area (Å²) in [5.41, 5.74) is 16.1. The Kier molecular flexibility index (Phi) is 14.2. The van der Waals surface area contributed by atoms with Gasteiger partial charge in [-0.3, -0.25) is 0 Å². The molecule has 2 aliphatic heterocycles. The number of nitrogens with zero attached hydrogens (tertiary/aromatic N) is 6. The van der Waals surface area contributed by atoms with Crippen LogP contribution in [-0.2, 0) is 32.5 Å². The Morgan fingerprint density at radius 2 is 0.576 bits per heavy atom. The SMILES string of the molecule is [2H]c1c([2H])c([2H])c(-c2nc(-c3cc(C(C)(C)C)cc(-c4ccccc4)c3N3c4cc(-c5cc(C(C)(C)C)cc(C(C)(C)C)c5)ccc4B4c5ccc(-c6cc(C(C)(C)C)cc(C(C)(C)C)c6)cc5N(c5c(-c6ccccc6)cc(C(C)(C)C)cc5-c5ccccc5)c5cc(-n6c7c([2H])c([2H])c([2H])c([2H])c7c7c([2H])c([2H])c([2H])c([2H])c76)cc3c54)nc(-c3c([2H])c([2H])c([2H])c([2H])c3[2H])n2)c([2H])c1[2H]. The molecule has 6 nitrogen and oxygen atoms in total. The molecule has 118 heavy (non-hydrogen) atoms. The molecule has 16 aromatic rings. The highest BCUT2D eigenvalue weighted by Crippen LogP contribution is 2.56. The minimum Gasteiger partial charge on any atom is -0.310 e. The minimum atomic E-state index is -0.806. The first-order valence-electron chi connectivity index (χ1n) is 49.6. The van der Waals surface area contributed by atoms with Crippen molar-refractivity contribution in [1.82, 2.24) is 19.5 Å². The van der Waals surface area contributed by atoms with Gasteiger partial charge in [-0.1, -0.05) is 373 Å². The topological polar surface area (TPSA) is 50.1 Å². The molecule has 0 aliphatic carbocycles. The number of benzene rings is 14. The van der Waals surface area contributed by atoms with Crippen molar-refractivity contribution in [2.45, 2.75) is 157 Å². The summed E-state index contributed by atoms with van der Waals surface area (Å²) in [4.78, 5) is 20.2. The number of aromatic nitrogens is 4. The fourth-order valence-electron chi connectivity index (χ4n) is 16.7. The summed E-state index contributed by atoms with van der Waals surface area (Å²) in [5.74, 6) is -1.24. The molecule has 0 saturated heterocycles. The summed E-state index contributed by atoms with van der Waals surface area (Å²) in [6.45, 7) is 38.4. The fourth-order valence-corrected chi connectivity index (χ4v) is 16.7. The molecule has 0 atom stereocenters. The van der Waals surface area contributed by atoms with E-state index >= 15 is 0 Å². The minimum absolute atomic E-state index is 0.149. The summed E-state index contributed by atoms with van der Waals surface area (Å²) in [7, 11) is 0. The quantitative estimate of drug-likeness (QED) is 0.121. The monoisotopic (exact) mass is 1550 g/mol. The molecule has 4 heterocycles. The van der Waals surface area contributed by atoms with Crippen molar-refractivity contribution in [2.24, 2.45) is 0 Å². The highest BCUT2D eigenvalue weighted by Gasteiger charge is 2.47. The smallest absolute Gasteiger partial charge is 0.252 e. The zero-order chi connectivity index (χ0) is 97.9. The van der Waals surface area contributed by atoms with E-state index in [1.807, 2.05) is 106 Å². The normalized spacial score (nSPS) is 15.3. The van der Waals surface area contributed by atoms with Crippen molar-refractivity contribution in [2.75, 3.05) is 9.80 Å². The van der Waals surface area contributed by atoms with E-state index in [1.165, 1.54) is 0 Å². The lowest BCUT2D eigenvalue weighted by molar-refractivity contribution is 0.568. The van der Waals surface area contributed by atoms with Gasteiger partial charge in [-0.25, -0.2) is 15.0 Å². The van der Waals surface area contributed by atoms with E-state index in [9.17, 15) is 21.9 Å². The molecule has 0 unspecified atom stereocenters. The van der Waals surface area contributed by atoms with E-state index in [-0.39, 0.29) is 60.5 Å². The lowest BCUT2D eigenvalue weighted by atomic mass is 9.33. The van der Waals surface area contributed by atoms with Crippen LogP contribution in [0.4, 0.5) is 34.1 Å². The Labute approximate surface area is 724 Å². The van der Waals surface area contributed by atoms with Crippen molar-refractivity contribution >= 4 is 79.0 Å². The number of hydrogen-bond donors (Lipinski definition) is 0. The van der Waals surface area contributed by atoms with E-state index in [4.69, 9.17) is 17.7 Å². The summed E-state index contributed by atoms with van der Waals surface area (Å²) in [6, 6.07) is 57.9. The Morgan fingerprint density at radius 1 is 0.263 bits per heavy atom. The van der Waals surface area contributed by atoms with E-state index < -0.39 is 149 Å². The summed E-state index contributed by atoms with van der Waals surface area (Å²) < 4.78 is 175. The molecule has 0 bridgehead atoms. The maximum absolute atomic E-state index is 10.4. The lowest BCUT2D eigenvalue weighted by Gasteiger charge is -2.46. The first-order valence-corrected chi connectivity index (χ1v) is 40.6. The predicted molar refractivity (Wildman–Crippen MR) is 504 cm³/mol. The first kappa shape index (κ1) is 58.4. The second-order valence-corrected chi connectivity index (χ2v) is 37.7. The molecule has 0 spiro atoms. The molecular formula is C111H105BN6. The van der Waals surface area contributed by atoms with Crippen LogP contribution >= 0.6 is 0 Å². The number of rotatable bonds is 11. The highest BCUT2D eigenvalue weighted by molar-refractivity contribution is 7.00. The zero-order valence-corrected chi connectivity index (χ0v) is 70.3. The molecule has 0 saturated carbocycles. The Balaban J connectivity index is 1.14. The molecule has 2 aliphatic rings. The van der Waals surface area contributed by atoms with Crippen LogP contribution in [0.25, 0.3) is 117 Å². The van der Waals surface area contributed by atoms with Crippen molar-refractivity contribution in [3.05, 3.63) is 342 Å². The number of hydrogen-bond acceptors (Lipinski definition) is 5. The first-order chi connectivity index (χ1) is 63.8. The number of fused-ring (bicyclic) bond motifs is 7. The maximum atomic E-state index is 10.4. The van der Waals surface area contributed by atoms with Crippen LogP contribution in [0.1, 0.15) is 183 Å². The summed E-state index contributed by atoms with van der Waals surface area (Å²) in [5, 5.41) is -0.312. The molecular weight excluding hydrogens is 1430 g/mol. The lowest BCUT2D eigenvalue weighted by Crippen LogP contribution is -2.61. The number of para-hydroxylation sites is 2. The van der Waals surface area contributed by atoms with Gasteiger partial charge in [-0.2, -0.15) is 0 Å². The maximum Gasteiger partial charge on any atom is 0.252 e. The van der Waals surface area contributed by atoms with Crippen LogP contribution in [0.15, 0.2) is 309 Å². The van der Waals surface area contributed by atoms with Crippen LogP contribution in [0.3, 0.4) is 0 Å². The molecule has 0 radical (unpaired) electrons. The average molecular weight is 1550 g/mol. The third-order valence-corrected chi connectivity index (χ3v) is 23.3. The van der Waals surface area contributed by atoms with Crippen molar-refractivity contribution < 1.29 is 24.7 Å². The van der Waals surface area contributed by atoms with Crippen LogP contribution in [0.2, 0.25) is 0 Å². The van der Waals surface area contributed by atoms with Gasteiger partial charge >= 0.3 is 0 Å². The second-order valence-electron chi connectivity index (χ2n) is 37.7. The molecule has 0 N–H and O–H groups in total. The standard InChI is InChI=1S/C111H105BN6/c1-106(2,3)79-56-77(57-80(62-79)107(4,5)6)75-52-54-92-96(60-75)117(101-88(70-38-24-19-25-39-70)64-83(110(13,14)15)65-89(101)71-40-26-20-27-41-71)98-68-85(116-94-50-36-34-48-86(94)87-49-35-37-51-95(87)116)69-99-100(98)112(92)93-55-53-76(78-58-81(108(7,8)9)63-82(59-78)109(10,11)12)61-97(93)118(99)102-90(72-42-28-21-29-43-72)66-84(111(16,17)18)67-91(102)105-114-103(73-44-30-22-31-45-73)113-104(115-105)74-46-32-23-33-47-74/h19-69H,1-18H3/i22D,23D,30D,31D,32D,33D,34D,35D,36D,37D,44D,45D,46D,47D,48D,49D,50D,51D. The van der Waals surface area contributed by atoms with Crippen molar-refractivity contribution in [1.29, 1.82) is 0 Å². The molecule has 2 aromatic heterocycles. The Hall–Kier alpha value is -12.4. The van der Waals surface area contributed by atoms with Gasteiger partial charge in [0.25, 0.3) is 6.71 Å². The van der Waals surface area contributed by atoms with Gasteiger partial charge in [0.15, 0.2) is 17.5 Å². The van der Waals surface area contributed by atoms with Gasteiger partial charge in [-0.15, -0.1) is 0 Å². The van der Waals surface area contributed by atoms with E-state index in [0.717, 1.165) is 94.6 Å². The molecule has 0 amide bonds. The van der Waals surface area contributed by atoms with E-state index in [2.05, 4.69) is 229 Å². The zero-order valence-electron chi connectivity index (χ0n) is 88.3. The van der Waals surface area contributed by atoms with Gasteiger partial charge in [0, 0.05) is 66.9 Å². The van der Waals surface area contributed by atoms with Crippen LogP contribution < -0.4 is 26.2 Å².